The Bertz CT molecular complexity index is 313. The molecule has 0 heterocycles. The van der Waals surface area contributed by atoms with Gasteiger partial charge in [-0.1, -0.05) is 12.1 Å². The highest BCUT2D eigenvalue weighted by atomic mass is 16.5. The predicted molar refractivity (Wildman–Crippen MR) is 56.0 cm³/mol. The van der Waals surface area contributed by atoms with E-state index in [0.29, 0.717) is 11.4 Å². The molecule has 0 bridgehead atoms. The summed E-state index contributed by atoms with van der Waals surface area (Å²) in [6.45, 7) is 1.63. The number of rotatable bonds is 3. The number of hydrogen-bond acceptors (Lipinski definition) is 4. The van der Waals surface area contributed by atoms with E-state index < -0.39 is 12.1 Å². The lowest BCUT2D eigenvalue weighted by molar-refractivity contribution is 0.163. The van der Waals surface area contributed by atoms with Gasteiger partial charge >= 0.3 is 0 Å². The third-order valence-corrected chi connectivity index (χ3v) is 2.16. The second kappa shape index (κ2) is 4.30. The zero-order valence-corrected chi connectivity index (χ0v) is 8.40. The average Bonchev–Trinajstić information content (AvgIpc) is 2.16. The third kappa shape index (κ3) is 1.97. The lowest BCUT2D eigenvalue weighted by Gasteiger charge is -2.19. The van der Waals surface area contributed by atoms with Crippen molar-refractivity contribution >= 4 is 5.69 Å². The number of methoxy groups -OCH3 is 1. The largest absolute Gasteiger partial charge is 0.494 e. The molecule has 14 heavy (non-hydrogen) atoms. The van der Waals surface area contributed by atoms with Gasteiger partial charge < -0.3 is 21.3 Å². The number of anilines is 1. The van der Waals surface area contributed by atoms with Crippen LogP contribution in [0, 0.1) is 0 Å². The number of benzene rings is 1. The van der Waals surface area contributed by atoms with Crippen LogP contribution in [-0.4, -0.2) is 18.3 Å². The van der Waals surface area contributed by atoms with Crippen LogP contribution < -0.4 is 16.2 Å². The normalized spacial score (nSPS) is 14.9. The first-order valence-electron chi connectivity index (χ1n) is 4.44. The zero-order chi connectivity index (χ0) is 10.7. The van der Waals surface area contributed by atoms with Crippen molar-refractivity contribution in [2.75, 3.05) is 12.8 Å². The van der Waals surface area contributed by atoms with Crippen LogP contribution >= 0.6 is 0 Å². The fourth-order valence-corrected chi connectivity index (χ4v) is 1.33. The van der Waals surface area contributed by atoms with Crippen molar-refractivity contribution in [1.29, 1.82) is 0 Å². The van der Waals surface area contributed by atoms with Crippen LogP contribution in [0.1, 0.15) is 18.5 Å². The maximum absolute atomic E-state index is 9.36. The zero-order valence-electron chi connectivity index (χ0n) is 8.40. The molecule has 0 aliphatic carbocycles. The Morgan fingerprint density at radius 1 is 1.43 bits per heavy atom. The molecular weight excluding hydrogens is 180 g/mol. The number of nitrogens with two attached hydrogens (primary N) is 2. The van der Waals surface area contributed by atoms with Crippen LogP contribution in [0.5, 0.6) is 5.75 Å². The van der Waals surface area contributed by atoms with E-state index in [9.17, 15) is 5.11 Å². The molecule has 0 saturated carbocycles. The molecule has 1 aromatic rings. The highest BCUT2D eigenvalue weighted by Gasteiger charge is 2.17. The molecule has 0 radical (unpaired) electrons. The summed E-state index contributed by atoms with van der Waals surface area (Å²) < 4.78 is 5.13. The molecule has 0 aliphatic heterocycles. The molecule has 0 unspecified atom stereocenters. The second-order valence-corrected chi connectivity index (χ2v) is 3.24. The van der Waals surface area contributed by atoms with Crippen molar-refractivity contribution in [1.82, 2.24) is 0 Å². The first-order valence-corrected chi connectivity index (χ1v) is 4.44. The van der Waals surface area contributed by atoms with Gasteiger partial charge in [0.2, 0.25) is 0 Å². The van der Waals surface area contributed by atoms with Gasteiger partial charge in [0.25, 0.3) is 0 Å². The quantitative estimate of drug-likeness (QED) is 0.620. The molecule has 0 aromatic heterocycles. The van der Waals surface area contributed by atoms with Gasteiger partial charge in [-0.25, -0.2) is 0 Å². The van der Waals surface area contributed by atoms with Crippen LogP contribution in [0.3, 0.4) is 0 Å². The van der Waals surface area contributed by atoms with Gasteiger partial charge in [0.15, 0.2) is 0 Å². The smallest absolute Gasteiger partial charge is 0.146 e. The van der Waals surface area contributed by atoms with Crippen LogP contribution in [0.25, 0.3) is 0 Å². The number of aliphatic hydroxyl groups excluding tert-OH is 1. The Morgan fingerprint density at radius 3 is 2.57 bits per heavy atom. The van der Waals surface area contributed by atoms with E-state index in [0.717, 1.165) is 5.56 Å². The van der Waals surface area contributed by atoms with Gasteiger partial charge in [0, 0.05) is 5.56 Å². The standard InChI is InChI=1S/C10H16N2O2/c1-6(13)9(12)7-4-3-5-8(11)10(7)14-2/h3-6,9,13H,11-12H2,1-2H3/t6-,9+/m1/s1. The minimum Gasteiger partial charge on any atom is -0.494 e. The van der Waals surface area contributed by atoms with E-state index in [1.165, 1.54) is 7.11 Å². The summed E-state index contributed by atoms with van der Waals surface area (Å²) in [5.74, 6) is 0.543. The topological polar surface area (TPSA) is 81.5 Å². The minimum atomic E-state index is -0.634. The molecule has 1 rings (SSSR count). The molecule has 4 heteroatoms. The summed E-state index contributed by atoms with van der Waals surface area (Å²) in [6, 6.07) is 4.84. The molecule has 0 amide bonds. The number of aliphatic hydroxyl groups is 1. The summed E-state index contributed by atoms with van der Waals surface area (Å²) >= 11 is 0. The van der Waals surface area contributed by atoms with E-state index in [1.54, 1.807) is 25.1 Å². The molecule has 0 aliphatic rings. The van der Waals surface area contributed by atoms with E-state index in [1.807, 2.05) is 0 Å². The maximum Gasteiger partial charge on any atom is 0.146 e. The second-order valence-electron chi connectivity index (χ2n) is 3.24. The summed E-state index contributed by atoms with van der Waals surface area (Å²) in [7, 11) is 1.53. The lowest BCUT2D eigenvalue weighted by Crippen LogP contribution is -2.23. The van der Waals surface area contributed by atoms with Crippen molar-refractivity contribution in [2.45, 2.75) is 19.1 Å². The van der Waals surface area contributed by atoms with Gasteiger partial charge in [-0.05, 0) is 13.0 Å². The molecule has 0 fully saturated rings. The van der Waals surface area contributed by atoms with Crippen LogP contribution in [0.15, 0.2) is 18.2 Å². The Balaban J connectivity index is 3.13. The van der Waals surface area contributed by atoms with Gasteiger partial charge in [-0.2, -0.15) is 0 Å². The SMILES string of the molecule is COc1c(N)cccc1[C@@H](N)[C@@H](C)O. The molecule has 4 nitrogen and oxygen atoms in total. The molecule has 1 aromatic carbocycles. The predicted octanol–water partition coefficient (Wildman–Crippen LogP) is 0.658. The van der Waals surface area contributed by atoms with Crippen LogP contribution in [-0.2, 0) is 0 Å². The van der Waals surface area contributed by atoms with Crippen LogP contribution in [0.2, 0.25) is 0 Å². The van der Waals surface area contributed by atoms with Crippen molar-refractivity contribution in [2.24, 2.45) is 5.73 Å². The monoisotopic (exact) mass is 196 g/mol. The third-order valence-electron chi connectivity index (χ3n) is 2.16. The minimum absolute atomic E-state index is 0.478. The number of nitrogen functional groups attached to an aromatic ring is 1. The van der Waals surface area contributed by atoms with Crippen LogP contribution in [0.4, 0.5) is 5.69 Å². The Hall–Kier alpha value is -1.26. The molecular formula is C10H16N2O2. The van der Waals surface area contributed by atoms with Gasteiger partial charge in [0.05, 0.1) is 24.9 Å². The molecule has 0 spiro atoms. The lowest BCUT2D eigenvalue weighted by atomic mass is 10.0. The van der Waals surface area contributed by atoms with E-state index in [4.69, 9.17) is 16.2 Å². The Kier molecular flexibility index (Phi) is 3.33. The molecule has 5 N–H and O–H groups in total. The van der Waals surface area contributed by atoms with E-state index >= 15 is 0 Å². The number of ether oxygens (including phenoxy) is 1. The van der Waals surface area contributed by atoms with E-state index in [2.05, 4.69) is 0 Å². The summed E-state index contributed by atoms with van der Waals surface area (Å²) in [5.41, 5.74) is 12.8. The summed E-state index contributed by atoms with van der Waals surface area (Å²) in [4.78, 5) is 0. The molecule has 78 valence electrons. The number of para-hydroxylation sites is 1. The molecule has 0 saturated heterocycles. The van der Waals surface area contributed by atoms with Gasteiger partial charge in [-0.3, -0.25) is 0 Å². The summed E-state index contributed by atoms with van der Waals surface area (Å²) in [6.07, 6.45) is -0.634. The Morgan fingerprint density at radius 2 is 2.07 bits per heavy atom. The summed E-state index contributed by atoms with van der Waals surface area (Å²) in [5, 5.41) is 9.36. The molecule has 2 atom stereocenters. The van der Waals surface area contributed by atoms with E-state index in [-0.39, 0.29) is 0 Å². The number of hydrogen-bond donors (Lipinski definition) is 3. The van der Waals surface area contributed by atoms with Gasteiger partial charge in [-0.15, -0.1) is 0 Å². The van der Waals surface area contributed by atoms with Crippen molar-refractivity contribution in [3.63, 3.8) is 0 Å². The highest BCUT2D eigenvalue weighted by molar-refractivity contribution is 5.57. The average molecular weight is 196 g/mol. The van der Waals surface area contributed by atoms with Crippen molar-refractivity contribution in [3.8, 4) is 5.75 Å². The first kappa shape index (κ1) is 10.8. The maximum atomic E-state index is 9.36. The van der Waals surface area contributed by atoms with Crippen molar-refractivity contribution < 1.29 is 9.84 Å². The van der Waals surface area contributed by atoms with Gasteiger partial charge in [0.1, 0.15) is 5.75 Å². The fourth-order valence-electron chi connectivity index (χ4n) is 1.33. The Labute approximate surface area is 83.5 Å². The first-order chi connectivity index (χ1) is 6.57. The fraction of sp³-hybridized carbons (Fsp3) is 0.400. The van der Waals surface area contributed by atoms with Crippen molar-refractivity contribution in [3.05, 3.63) is 23.8 Å². The highest BCUT2D eigenvalue weighted by Crippen LogP contribution is 2.30.